The van der Waals surface area contributed by atoms with Gasteiger partial charge in [0.1, 0.15) is 5.75 Å². The van der Waals surface area contributed by atoms with Crippen molar-refractivity contribution in [2.75, 3.05) is 26.7 Å². The largest absolute Gasteiger partial charge is 0.497 e. The van der Waals surface area contributed by atoms with E-state index in [9.17, 15) is 15.0 Å². The second-order valence-electron chi connectivity index (χ2n) is 10.4. The molecule has 6 heteroatoms. The Morgan fingerprint density at radius 2 is 1.97 bits per heavy atom. The molecule has 0 spiro atoms. The number of aromatic nitrogens is 1. The average Bonchev–Trinajstić information content (AvgIpc) is 3.38. The van der Waals surface area contributed by atoms with E-state index in [1.165, 1.54) is 32.1 Å². The van der Waals surface area contributed by atoms with Crippen LogP contribution in [0.2, 0.25) is 0 Å². The van der Waals surface area contributed by atoms with Gasteiger partial charge in [-0.2, -0.15) is 0 Å². The van der Waals surface area contributed by atoms with E-state index < -0.39 is 12.1 Å². The van der Waals surface area contributed by atoms with E-state index in [1.807, 2.05) is 24.3 Å². The van der Waals surface area contributed by atoms with Gasteiger partial charge < -0.3 is 19.8 Å². The normalized spacial score (nSPS) is 22.8. The molecule has 1 aromatic heterocycles. The molecule has 1 saturated carbocycles. The predicted molar refractivity (Wildman–Crippen MR) is 134 cm³/mol. The molecule has 3 atom stereocenters. The minimum Gasteiger partial charge on any atom is -0.497 e. The van der Waals surface area contributed by atoms with Crippen molar-refractivity contribution in [3.05, 3.63) is 36.0 Å². The number of methoxy groups -OCH3 is 1. The van der Waals surface area contributed by atoms with Gasteiger partial charge in [0.2, 0.25) is 0 Å². The summed E-state index contributed by atoms with van der Waals surface area (Å²) in [5, 5.41) is 21.3. The Bertz CT molecular complexity index is 943. The first-order valence-electron chi connectivity index (χ1n) is 13.1. The van der Waals surface area contributed by atoms with Crippen LogP contribution in [0.25, 0.3) is 10.9 Å². The molecular weight excluding hydrogens is 428 g/mol. The first-order valence-corrected chi connectivity index (χ1v) is 13.1. The Labute approximate surface area is 203 Å². The number of nitrogens with zero attached hydrogens (tertiary/aromatic N) is 2. The number of aliphatic hydroxyl groups excluding tert-OH is 1. The number of aliphatic carboxylic acids is 1. The van der Waals surface area contributed by atoms with Crippen LogP contribution >= 0.6 is 0 Å². The first kappa shape index (κ1) is 24.9. The Hall–Kier alpha value is -2.18. The molecule has 0 radical (unpaired) electrons. The van der Waals surface area contributed by atoms with Crippen LogP contribution < -0.4 is 4.74 Å². The fourth-order valence-electron chi connectivity index (χ4n) is 6.13. The highest BCUT2D eigenvalue weighted by Gasteiger charge is 2.30. The zero-order valence-corrected chi connectivity index (χ0v) is 20.5. The van der Waals surface area contributed by atoms with Crippen molar-refractivity contribution < 1.29 is 19.7 Å². The standard InChI is InChI=1S/C28H40N2O4/c1-34-23-8-9-26-25(18-23)24(12-15-29-26)27(31)10-6-21-14-17-30(16-13-20-4-2-3-5-20)19-22(21)7-11-28(32)33/h8-9,12,15,18,20-22,27,31H,2-7,10-11,13-14,16-17,19H2,1H3,(H,32,33)/t21?,22?,27-/m0/s1. The van der Waals surface area contributed by atoms with Crippen LogP contribution in [-0.2, 0) is 4.79 Å². The average molecular weight is 469 g/mol. The van der Waals surface area contributed by atoms with Crippen molar-refractivity contribution >= 4 is 16.9 Å². The molecule has 1 aromatic carbocycles. The molecule has 0 amide bonds. The maximum absolute atomic E-state index is 11.3. The zero-order chi connectivity index (χ0) is 23.9. The van der Waals surface area contributed by atoms with Gasteiger partial charge in [0.25, 0.3) is 0 Å². The smallest absolute Gasteiger partial charge is 0.303 e. The number of likely N-dealkylation sites (tertiary alicyclic amines) is 1. The molecule has 34 heavy (non-hydrogen) atoms. The van der Waals surface area contributed by atoms with Crippen molar-refractivity contribution in [3.63, 3.8) is 0 Å². The summed E-state index contributed by atoms with van der Waals surface area (Å²) in [6.45, 7) is 3.23. The van der Waals surface area contributed by atoms with Crippen LogP contribution in [-0.4, -0.2) is 52.8 Å². The minimum absolute atomic E-state index is 0.231. The molecule has 1 aliphatic carbocycles. The molecule has 0 bridgehead atoms. The summed E-state index contributed by atoms with van der Waals surface area (Å²) in [4.78, 5) is 18.3. The number of rotatable bonds is 11. The fraction of sp³-hybridized carbons (Fsp3) is 0.643. The van der Waals surface area contributed by atoms with Gasteiger partial charge in [-0.3, -0.25) is 9.78 Å². The molecule has 2 heterocycles. The van der Waals surface area contributed by atoms with E-state index in [2.05, 4.69) is 9.88 Å². The lowest BCUT2D eigenvalue weighted by Crippen LogP contribution is -2.41. The molecule has 4 rings (SSSR count). The second-order valence-corrected chi connectivity index (χ2v) is 10.4. The summed E-state index contributed by atoms with van der Waals surface area (Å²) in [5.74, 6) is 1.78. The van der Waals surface area contributed by atoms with Crippen LogP contribution in [0.15, 0.2) is 30.5 Å². The van der Waals surface area contributed by atoms with E-state index in [1.54, 1.807) is 13.3 Å². The van der Waals surface area contributed by atoms with E-state index in [0.717, 1.165) is 67.0 Å². The fourth-order valence-corrected chi connectivity index (χ4v) is 6.13. The number of fused-ring (bicyclic) bond motifs is 1. The third kappa shape index (κ3) is 6.48. The quantitative estimate of drug-likeness (QED) is 0.457. The molecule has 186 valence electrons. The molecule has 1 aliphatic heterocycles. The van der Waals surface area contributed by atoms with Crippen molar-refractivity contribution in [1.82, 2.24) is 9.88 Å². The summed E-state index contributed by atoms with van der Waals surface area (Å²) >= 11 is 0. The van der Waals surface area contributed by atoms with Crippen LogP contribution in [0.3, 0.4) is 0 Å². The summed E-state index contributed by atoms with van der Waals surface area (Å²) < 4.78 is 5.37. The zero-order valence-electron chi connectivity index (χ0n) is 20.5. The predicted octanol–water partition coefficient (Wildman–Crippen LogP) is 5.44. The van der Waals surface area contributed by atoms with E-state index in [-0.39, 0.29) is 6.42 Å². The van der Waals surface area contributed by atoms with Crippen LogP contribution in [0, 0.1) is 17.8 Å². The van der Waals surface area contributed by atoms with Gasteiger partial charge in [0, 0.05) is 24.5 Å². The molecule has 2 aromatic rings. The lowest BCUT2D eigenvalue weighted by molar-refractivity contribution is -0.137. The number of benzene rings is 1. The SMILES string of the molecule is COc1ccc2nccc([C@@H](O)CCC3CCN(CCC4CCCC4)CC3CCC(=O)O)c2c1. The Morgan fingerprint density at radius 3 is 2.74 bits per heavy atom. The number of ether oxygens (including phenoxy) is 1. The number of carboxylic acid groups (broad SMARTS) is 1. The van der Waals surface area contributed by atoms with E-state index in [4.69, 9.17) is 4.74 Å². The molecule has 6 nitrogen and oxygen atoms in total. The number of piperidine rings is 1. The lowest BCUT2D eigenvalue weighted by atomic mass is 9.78. The van der Waals surface area contributed by atoms with Gasteiger partial charge in [-0.15, -0.1) is 0 Å². The van der Waals surface area contributed by atoms with Crippen molar-refractivity contribution in [3.8, 4) is 5.75 Å². The summed E-state index contributed by atoms with van der Waals surface area (Å²) in [6, 6.07) is 7.66. The maximum atomic E-state index is 11.3. The second kappa shape index (κ2) is 12.0. The molecule has 2 N–H and O–H groups in total. The van der Waals surface area contributed by atoms with Crippen LogP contribution in [0.5, 0.6) is 5.75 Å². The van der Waals surface area contributed by atoms with Crippen molar-refractivity contribution in [2.45, 2.75) is 70.3 Å². The van der Waals surface area contributed by atoms with Gasteiger partial charge >= 0.3 is 5.97 Å². The summed E-state index contributed by atoms with van der Waals surface area (Å²) in [5.41, 5.74) is 1.74. The number of hydrogen-bond donors (Lipinski definition) is 2. The summed E-state index contributed by atoms with van der Waals surface area (Å²) in [6.07, 6.45) is 11.6. The van der Waals surface area contributed by atoms with E-state index in [0.29, 0.717) is 18.3 Å². The van der Waals surface area contributed by atoms with Gasteiger partial charge in [-0.1, -0.05) is 25.7 Å². The van der Waals surface area contributed by atoms with Gasteiger partial charge in [-0.25, -0.2) is 0 Å². The molecule has 1 saturated heterocycles. The first-order chi connectivity index (χ1) is 16.5. The molecular formula is C28H40N2O4. The maximum Gasteiger partial charge on any atom is 0.303 e. The number of carboxylic acids is 1. The van der Waals surface area contributed by atoms with Gasteiger partial charge in [-0.05, 0) is 92.8 Å². The molecule has 2 fully saturated rings. The topological polar surface area (TPSA) is 82.9 Å². The summed E-state index contributed by atoms with van der Waals surface area (Å²) in [7, 11) is 1.64. The third-order valence-corrected chi connectivity index (χ3v) is 8.19. The van der Waals surface area contributed by atoms with E-state index >= 15 is 0 Å². The monoisotopic (exact) mass is 468 g/mol. The minimum atomic E-state index is -0.709. The highest BCUT2D eigenvalue weighted by molar-refractivity contribution is 5.83. The highest BCUT2D eigenvalue weighted by atomic mass is 16.5. The van der Waals surface area contributed by atoms with Gasteiger partial charge in [0.05, 0.1) is 18.7 Å². The number of aliphatic hydroxyl groups is 1. The lowest BCUT2D eigenvalue weighted by Gasteiger charge is -2.39. The van der Waals surface area contributed by atoms with Crippen molar-refractivity contribution in [1.29, 1.82) is 0 Å². The third-order valence-electron chi connectivity index (χ3n) is 8.19. The molecule has 2 unspecified atom stereocenters. The highest BCUT2D eigenvalue weighted by Crippen LogP contribution is 2.36. The van der Waals surface area contributed by atoms with Gasteiger partial charge in [0.15, 0.2) is 0 Å². The number of carbonyl (C=O) groups is 1. The number of pyridine rings is 1. The Morgan fingerprint density at radius 1 is 1.15 bits per heavy atom. The van der Waals surface area contributed by atoms with Crippen LogP contribution in [0.1, 0.15) is 75.9 Å². The van der Waals surface area contributed by atoms with Crippen LogP contribution in [0.4, 0.5) is 0 Å². The Balaban J connectivity index is 1.37. The van der Waals surface area contributed by atoms with Crippen molar-refractivity contribution in [2.24, 2.45) is 17.8 Å². The molecule has 2 aliphatic rings. The number of hydrogen-bond acceptors (Lipinski definition) is 5. The Kier molecular flexibility index (Phi) is 8.79.